The largest absolute Gasteiger partial charge is 0.334 e. The van der Waals surface area contributed by atoms with E-state index in [9.17, 15) is 4.79 Å². The normalized spacial score (nSPS) is 20.4. The van der Waals surface area contributed by atoms with Gasteiger partial charge in [0.05, 0.1) is 5.56 Å². The Balaban J connectivity index is 2.18. The van der Waals surface area contributed by atoms with Crippen LogP contribution >= 0.6 is 15.9 Å². The smallest absolute Gasteiger partial charge is 0.255 e. The maximum Gasteiger partial charge on any atom is 0.255 e. The number of amides is 1. The van der Waals surface area contributed by atoms with E-state index in [-0.39, 0.29) is 11.9 Å². The van der Waals surface area contributed by atoms with E-state index in [4.69, 9.17) is 5.73 Å². The summed E-state index contributed by atoms with van der Waals surface area (Å²) in [6.45, 7) is 1.33. The molecule has 2 N–H and O–H groups in total. The van der Waals surface area contributed by atoms with E-state index >= 15 is 0 Å². The lowest BCUT2D eigenvalue weighted by molar-refractivity contribution is 0.0623. The highest BCUT2D eigenvalue weighted by molar-refractivity contribution is 9.10. The molecule has 1 aromatic heterocycles. The number of pyridine rings is 1. The van der Waals surface area contributed by atoms with E-state index in [1.807, 2.05) is 4.90 Å². The molecule has 1 atom stereocenters. The van der Waals surface area contributed by atoms with E-state index in [0.29, 0.717) is 12.1 Å². The number of hydrogen-bond donors (Lipinski definition) is 1. The molecule has 1 aliphatic rings. The first-order chi connectivity index (χ1) is 8.22. The Morgan fingerprint density at radius 3 is 3.06 bits per heavy atom. The molecule has 0 saturated carbocycles. The summed E-state index contributed by atoms with van der Waals surface area (Å²) >= 11 is 3.33. The van der Waals surface area contributed by atoms with Gasteiger partial charge in [0, 0.05) is 36.0 Å². The Kier molecular flexibility index (Phi) is 4.12. The molecule has 92 valence electrons. The van der Waals surface area contributed by atoms with Crippen molar-refractivity contribution in [1.29, 1.82) is 0 Å². The fraction of sp³-hybridized carbons (Fsp3) is 0.500. The van der Waals surface area contributed by atoms with Crippen molar-refractivity contribution in [2.24, 2.45) is 5.73 Å². The second-order valence-corrected chi connectivity index (χ2v) is 5.19. The molecule has 17 heavy (non-hydrogen) atoms. The van der Waals surface area contributed by atoms with Gasteiger partial charge in [-0.3, -0.25) is 9.78 Å². The third kappa shape index (κ3) is 2.84. The summed E-state index contributed by atoms with van der Waals surface area (Å²) in [6, 6.07) is 1.98. The number of hydrogen-bond acceptors (Lipinski definition) is 3. The predicted octanol–water partition coefficient (Wildman–Crippen LogP) is 1.80. The zero-order chi connectivity index (χ0) is 12.3. The molecule has 2 rings (SSSR count). The molecule has 1 aromatic rings. The average Bonchev–Trinajstić information content (AvgIpc) is 2.38. The molecule has 0 aliphatic carbocycles. The minimum atomic E-state index is 0.0361. The minimum absolute atomic E-state index is 0.0361. The molecule has 0 aromatic carbocycles. The van der Waals surface area contributed by atoms with E-state index in [1.54, 1.807) is 18.5 Å². The molecule has 1 aliphatic heterocycles. The molecule has 1 saturated heterocycles. The van der Waals surface area contributed by atoms with Gasteiger partial charge in [0.2, 0.25) is 0 Å². The molecule has 5 heteroatoms. The number of aromatic nitrogens is 1. The topological polar surface area (TPSA) is 59.2 Å². The van der Waals surface area contributed by atoms with E-state index in [2.05, 4.69) is 20.9 Å². The van der Waals surface area contributed by atoms with Crippen molar-refractivity contribution in [1.82, 2.24) is 9.88 Å². The van der Waals surface area contributed by atoms with Crippen LogP contribution in [-0.4, -0.2) is 34.9 Å². The fourth-order valence-electron chi connectivity index (χ4n) is 2.21. The van der Waals surface area contributed by atoms with Gasteiger partial charge in [-0.25, -0.2) is 0 Å². The van der Waals surface area contributed by atoms with Crippen molar-refractivity contribution in [3.05, 3.63) is 28.5 Å². The average molecular weight is 298 g/mol. The van der Waals surface area contributed by atoms with Crippen molar-refractivity contribution in [2.45, 2.75) is 25.3 Å². The van der Waals surface area contributed by atoms with Crippen molar-refractivity contribution in [3.63, 3.8) is 0 Å². The SMILES string of the molecule is NCC1CCCCN1C(=O)c1cncc(Br)c1. The van der Waals surface area contributed by atoms with Crippen LogP contribution in [0, 0.1) is 0 Å². The first-order valence-corrected chi connectivity index (χ1v) is 6.63. The lowest BCUT2D eigenvalue weighted by Crippen LogP contribution is -2.47. The number of piperidine rings is 1. The van der Waals surface area contributed by atoms with Gasteiger partial charge in [-0.2, -0.15) is 0 Å². The third-order valence-electron chi connectivity index (χ3n) is 3.11. The molecule has 0 spiro atoms. The Morgan fingerprint density at radius 1 is 1.53 bits per heavy atom. The Labute approximate surface area is 109 Å². The first-order valence-electron chi connectivity index (χ1n) is 5.84. The molecule has 1 unspecified atom stereocenters. The Hall–Kier alpha value is -0.940. The molecule has 2 heterocycles. The lowest BCUT2D eigenvalue weighted by atomic mass is 10.0. The van der Waals surface area contributed by atoms with Crippen molar-refractivity contribution >= 4 is 21.8 Å². The van der Waals surface area contributed by atoms with Gasteiger partial charge in [0.25, 0.3) is 5.91 Å². The number of nitrogens with zero attached hydrogens (tertiary/aromatic N) is 2. The highest BCUT2D eigenvalue weighted by atomic mass is 79.9. The summed E-state index contributed by atoms with van der Waals surface area (Å²) in [5, 5.41) is 0. The molecule has 1 amide bonds. The lowest BCUT2D eigenvalue weighted by Gasteiger charge is -2.35. The maximum absolute atomic E-state index is 12.3. The first kappa shape index (κ1) is 12.5. The van der Waals surface area contributed by atoms with Gasteiger partial charge in [-0.05, 0) is 41.3 Å². The standard InChI is InChI=1S/C12H16BrN3O/c13-10-5-9(7-15-8-10)12(17)16-4-2-1-3-11(16)6-14/h5,7-8,11H,1-4,6,14H2. The minimum Gasteiger partial charge on any atom is -0.334 e. The third-order valence-corrected chi connectivity index (χ3v) is 3.55. The number of carbonyl (C=O) groups is 1. The van der Waals surface area contributed by atoms with Gasteiger partial charge in [0.1, 0.15) is 0 Å². The highest BCUT2D eigenvalue weighted by Crippen LogP contribution is 2.20. The van der Waals surface area contributed by atoms with Crippen LogP contribution in [0.25, 0.3) is 0 Å². The zero-order valence-electron chi connectivity index (χ0n) is 9.60. The number of halogens is 1. The highest BCUT2D eigenvalue weighted by Gasteiger charge is 2.26. The van der Waals surface area contributed by atoms with Crippen LogP contribution in [0.2, 0.25) is 0 Å². The quantitative estimate of drug-likeness (QED) is 0.905. The van der Waals surface area contributed by atoms with Crippen LogP contribution < -0.4 is 5.73 Å². The van der Waals surface area contributed by atoms with Crippen molar-refractivity contribution in [3.8, 4) is 0 Å². The summed E-state index contributed by atoms with van der Waals surface area (Å²) in [5.41, 5.74) is 6.35. The zero-order valence-corrected chi connectivity index (χ0v) is 11.2. The van der Waals surface area contributed by atoms with Gasteiger partial charge in [-0.15, -0.1) is 0 Å². The molecule has 0 bridgehead atoms. The van der Waals surface area contributed by atoms with Gasteiger partial charge in [-0.1, -0.05) is 0 Å². The molecule has 4 nitrogen and oxygen atoms in total. The number of rotatable bonds is 2. The van der Waals surface area contributed by atoms with E-state index in [0.717, 1.165) is 30.3 Å². The van der Waals surface area contributed by atoms with Gasteiger partial charge in [0.15, 0.2) is 0 Å². The Bertz CT molecular complexity index is 410. The summed E-state index contributed by atoms with van der Waals surface area (Å²) in [4.78, 5) is 18.2. The number of nitrogens with two attached hydrogens (primary N) is 1. The van der Waals surface area contributed by atoms with Crippen LogP contribution in [0.15, 0.2) is 22.9 Å². The van der Waals surface area contributed by atoms with Gasteiger partial charge < -0.3 is 10.6 Å². The summed E-state index contributed by atoms with van der Waals surface area (Å²) < 4.78 is 0.824. The number of likely N-dealkylation sites (tertiary alicyclic amines) is 1. The molecular formula is C12H16BrN3O. The second-order valence-electron chi connectivity index (χ2n) is 4.28. The van der Waals surface area contributed by atoms with Crippen LogP contribution in [0.3, 0.4) is 0 Å². The molecule has 1 fully saturated rings. The molecule has 0 radical (unpaired) electrons. The second kappa shape index (κ2) is 5.60. The predicted molar refractivity (Wildman–Crippen MR) is 69.7 cm³/mol. The Morgan fingerprint density at radius 2 is 2.35 bits per heavy atom. The van der Waals surface area contributed by atoms with Crippen molar-refractivity contribution in [2.75, 3.05) is 13.1 Å². The van der Waals surface area contributed by atoms with Crippen LogP contribution in [0.1, 0.15) is 29.6 Å². The maximum atomic E-state index is 12.3. The summed E-state index contributed by atoms with van der Waals surface area (Å²) in [7, 11) is 0. The number of carbonyl (C=O) groups excluding carboxylic acids is 1. The van der Waals surface area contributed by atoms with E-state index < -0.39 is 0 Å². The fourth-order valence-corrected chi connectivity index (χ4v) is 2.57. The van der Waals surface area contributed by atoms with Crippen LogP contribution in [0.4, 0.5) is 0 Å². The monoisotopic (exact) mass is 297 g/mol. The van der Waals surface area contributed by atoms with Gasteiger partial charge >= 0.3 is 0 Å². The van der Waals surface area contributed by atoms with Crippen molar-refractivity contribution < 1.29 is 4.79 Å². The van der Waals surface area contributed by atoms with Crippen LogP contribution in [0.5, 0.6) is 0 Å². The van der Waals surface area contributed by atoms with Crippen LogP contribution in [-0.2, 0) is 0 Å². The summed E-state index contributed by atoms with van der Waals surface area (Å²) in [6.07, 6.45) is 6.50. The van der Waals surface area contributed by atoms with E-state index in [1.165, 1.54) is 0 Å². The summed E-state index contributed by atoms with van der Waals surface area (Å²) in [5.74, 6) is 0.0361. The molecular weight excluding hydrogens is 282 g/mol.